The van der Waals surface area contributed by atoms with Crippen molar-refractivity contribution in [2.45, 2.75) is 6.42 Å². The Kier molecular flexibility index (Phi) is 4.55. The Hall–Kier alpha value is -2.19. The maximum absolute atomic E-state index is 12.7. The molecule has 4 rings (SSSR count). The van der Waals surface area contributed by atoms with Crippen molar-refractivity contribution < 1.29 is 24.2 Å². The van der Waals surface area contributed by atoms with Crippen LogP contribution in [0.15, 0.2) is 33.9 Å². The summed E-state index contributed by atoms with van der Waals surface area (Å²) in [5, 5.41) is 14.2. The van der Waals surface area contributed by atoms with Gasteiger partial charge in [0, 0.05) is 10.6 Å². The van der Waals surface area contributed by atoms with Gasteiger partial charge in [0.2, 0.25) is 0 Å². The molecule has 140 valence electrons. The number of aliphatic carboxylic acids is 1. The molecule has 0 unspecified atom stereocenters. The van der Waals surface area contributed by atoms with Crippen LogP contribution in [0.25, 0.3) is 0 Å². The van der Waals surface area contributed by atoms with Gasteiger partial charge in [0.1, 0.15) is 5.75 Å². The average Bonchev–Trinajstić information content (AvgIpc) is 3.27. The van der Waals surface area contributed by atoms with Gasteiger partial charge >= 0.3 is 5.97 Å². The molecule has 1 heterocycles. The Morgan fingerprint density at radius 3 is 2.52 bits per heavy atom. The number of carboxylic acids is 1. The van der Waals surface area contributed by atoms with Gasteiger partial charge in [-0.3, -0.25) is 9.59 Å². The topological polar surface area (TPSA) is 96.3 Å². The lowest BCUT2D eigenvalue weighted by atomic mass is 9.85. The van der Waals surface area contributed by atoms with Crippen LogP contribution in [0.4, 0.5) is 0 Å². The fourth-order valence-corrected chi connectivity index (χ4v) is 5.03. The van der Waals surface area contributed by atoms with Crippen LogP contribution >= 0.6 is 27.5 Å². The second kappa shape index (κ2) is 6.76. The summed E-state index contributed by atoms with van der Waals surface area (Å²) in [7, 11) is 0. The van der Waals surface area contributed by atoms with Gasteiger partial charge in [-0.1, -0.05) is 23.8 Å². The lowest BCUT2D eigenvalue weighted by Crippen LogP contribution is -2.28. The zero-order valence-corrected chi connectivity index (χ0v) is 16.2. The number of hydrogen-bond donors (Lipinski definition) is 1. The third kappa shape index (κ3) is 3.06. The summed E-state index contributed by atoms with van der Waals surface area (Å²) in [5.41, 5.74) is 0.356. The van der Waals surface area contributed by atoms with Gasteiger partial charge < -0.3 is 9.84 Å². The lowest BCUT2D eigenvalue weighted by Gasteiger charge is -2.13. The van der Waals surface area contributed by atoms with Gasteiger partial charge in [0.05, 0.1) is 22.5 Å². The zero-order chi connectivity index (χ0) is 19.3. The molecule has 1 aromatic rings. The molecular weight excluding hydrogens is 440 g/mol. The number of ether oxygens (including phenoxy) is 1. The van der Waals surface area contributed by atoms with Crippen molar-refractivity contribution in [3.63, 3.8) is 0 Å². The third-order valence-electron chi connectivity index (χ3n) is 5.14. The van der Waals surface area contributed by atoms with E-state index in [2.05, 4.69) is 21.0 Å². The van der Waals surface area contributed by atoms with Gasteiger partial charge in [0.15, 0.2) is 6.61 Å². The van der Waals surface area contributed by atoms with E-state index in [1.54, 1.807) is 6.07 Å². The molecule has 27 heavy (non-hydrogen) atoms. The number of benzene rings is 1. The molecule has 4 atom stereocenters. The van der Waals surface area contributed by atoms with Crippen molar-refractivity contribution in [3.8, 4) is 5.75 Å². The summed E-state index contributed by atoms with van der Waals surface area (Å²) in [6.45, 7) is -0.554. The Bertz CT molecular complexity index is 885. The molecule has 1 saturated carbocycles. The van der Waals surface area contributed by atoms with E-state index in [0.717, 1.165) is 11.4 Å². The molecule has 1 aromatic carbocycles. The van der Waals surface area contributed by atoms with Crippen molar-refractivity contribution in [1.82, 2.24) is 5.01 Å². The van der Waals surface area contributed by atoms with Crippen LogP contribution in [0.5, 0.6) is 5.75 Å². The predicted molar refractivity (Wildman–Crippen MR) is 99.4 cm³/mol. The van der Waals surface area contributed by atoms with Crippen LogP contribution < -0.4 is 4.74 Å². The largest absolute Gasteiger partial charge is 0.480 e. The molecule has 2 bridgehead atoms. The van der Waals surface area contributed by atoms with Gasteiger partial charge in [-0.15, -0.1) is 0 Å². The summed E-state index contributed by atoms with van der Waals surface area (Å²) < 4.78 is 5.72. The van der Waals surface area contributed by atoms with Crippen molar-refractivity contribution in [1.29, 1.82) is 0 Å². The van der Waals surface area contributed by atoms with Crippen LogP contribution in [0.2, 0.25) is 5.02 Å². The Morgan fingerprint density at radius 2 is 1.93 bits per heavy atom. The average molecular weight is 454 g/mol. The highest BCUT2D eigenvalue weighted by Gasteiger charge is 2.59. The zero-order valence-electron chi connectivity index (χ0n) is 13.8. The SMILES string of the molecule is O=C(O)COc1c(Br)cc(Cl)cc1C=NN1C(=O)[C@@H]2[C@H](C1=O)[C@H]1C=C[C@H]2C1. The smallest absolute Gasteiger partial charge is 0.341 e. The highest BCUT2D eigenvalue weighted by molar-refractivity contribution is 9.10. The Labute approximate surface area is 167 Å². The molecular formula is C18H14BrClN2O5. The molecule has 2 aliphatic carbocycles. The summed E-state index contributed by atoms with van der Waals surface area (Å²) in [6, 6.07) is 3.07. The molecule has 1 aliphatic heterocycles. The minimum atomic E-state index is -1.14. The number of carbonyl (C=O) groups excluding carboxylic acids is 2. The van der Waals surface area contributed by atoms with Gasteiger partial charge in [-0.25, -0.2) is 4.79 Å². The number of hydrazone groups is 1. The molecule has 1 N–H and O–H groups in total. The second-order valence-corrected chi connectivity index (χ2v) is 8.01. The third-order valence-corrected chi connectivity index (χ3v) is 5.94. The molecule has 0 spiro atoms. The highest BCUT2D eigenvalue weighted by atomic mass is 79.9. The molecule has 2 amide bonds. The summed E-state index contributed by atoms with van der Waals surface area (Å²) in [6.07, 6.45) is 6.16. The predicted octanol–water partition coefficient (Wildman–Crippen LogP) is 2.71. The molecule has 3 aliphatic rings. The normalized spacial score (nSPS) is 28.4. The van der Waals surface area contributed by atoms with E-state index in [4.69, 9.17) is 21.4 Å². The Balaban J connectivity index is 1.61. The minimum absolute atomic E-state index is 0.103. The number of halogens is 2. The van der Waals surface area contributed by atoms with E-state index in [1.165, 1.54) is 12.3 Å². The molecule has 7 nitrogen and oxygen atoms in total. The Morgan fingerprint density at radius 1 is 1.30 bits per heavy atom. The molecule has 0 radical (unpaired) electrons. The van der Waals surface area contributed by atoms with Crippen LogP contribution in [0, 0.1) is 23.7 Å². The van der Waals surface area contributed by atoms with Gasteiger partial charge in [-0.2, -0.15) is 10.1 Å². The number of amides is 2. The molecule has 0 aromatic heterocycles. The first kappa shape index (κ1) is 18.2. The molecule has 9 heteroatoms. The van der Waals surface area contributed by atoms with Crippen molar-refractivity contribution >= 4 is 51.5 Å². The van der Waals surface area contributed by atoms with E-state index < -0.39 is 12.6 Å². The van der Waals surface area contributed by atoms with Crippen LogP contribution in [-0.2, 0) is 14.4 Å². The number of nitrogens with zero attached hydrogens (tertiary/aromatic N) is 2. The summed E-state index contributed by atoms with van der Waals surface area (Å²) in [4.78, 5) is 36.1. The molecule has 1 saturated heterocycles. The maximum Gasteiger partial charge on any atom is 0.341 e. The van der Waals surface area contributed by atoms with Crippen molar-refractivity contribution in [2.24, 2.45) is 28.8 Å². The maximum atomic E-state index is 12.7. The quantitative estimate of drug-likeness (QED) is 0.420. The fourth-order valence-electron chi connectivity index (χ4n) is 4.08. The number of fused-ring (bicyclic) bond motifs is 5. The minimum Gasteiger partial charge on any atom is -0.480 e. The van der Waals surface area contributed by atoms with E-state index >= 15 is 0 Å². The summed E-state index contributed by atoms with van der Waals surface area (Å²) in [5.74, 6) is -1.98. The first-order valence-corrected chi connectivity index (χ1v) is 9.47. The van der Waals surface area contributed by atoms with Gasteiger partial charge in [0.25, 0.3) is 11.8 Å². The lowest BCUT2D eigenvalue weighted by molar-refractivity contribution is -0.141. The summed E-state index contributed by atoms with van der Waals surface area (Å²) >= 11 is 9.31. The number of allylic oxidation sites excluding steroid dienone is 2. The van der Waals surface area contributed by atoms with E-state index in [-0.39, 0.29) is 41.2 Å². The van der Waals surface area contributed by atoms with Crippen molar-refractivity contribution in [3.05, 3.63) is 39.3 Å². The van der Waals surface area contributed by atoms with Gasteiger partial charge in [-0.05, 0) is 46.3 Å². The second-order valence-electron chi connectivity index (χ2n) is 6.72. The van der Waals surface area contributed by atoms with Crippen LogP contribution in [0.1, 0.15) is 12.0 Å². The number of imide groups is 1. The number of carbonyl (C=O) groups is 3. The first-order valence-electron chi connectivity index (χ1n) is 8.30. The number of rotatable bonds is 5. The molecule has 2 fully saturated rings. The van der Waals surface area contributed by atoms with E-state index in [1.807, 2.05) is 12.2 Å². The van der Waals surface area contributed by atoms with E-state index in [9.17, 15) is 14.4 Å². The number of hydrogen-bond acceptors (Lipinski definition) is 5. The van der Waals surface area contributed by atoms with Crippen LogP contribution in [-0.4, -0.2) is 40.7 Å². The number of carboxylic acid groups (broad SMARTS) is 1. The monoisotopic (exact) mass is 452 g/mol. The van der Waals surface area contributed by atoms with E-state index in [0.29, 0.717) is 15.1 Å². The highest BCUT2D eigenvalue weighted by Crippen LogP contribution is 2.52. The van der Waals surface area contributed by atoms with Crippen molar-refractivity contribution in [2.75, 3.05) is 6.61 Å². The first-order chi connectivity index (χ1) is 12.9. The fraction of sp³-hybridized carbons (Fsp3) is 0.333. The van der Waals surface area contributed by atoms with Crippen LogP contribution in [0.3, 0.4) is 0 Å². The standard InChI is InChI=1S/C18H14BrClN2O5/c19-12-5-11(20)4-10(16(12)27-7-13(23)24)6-21-22-17(25)14-8-1-2-9(3-8)15(14)18(22)26/h1-2,4-6,8-9,14-15H,3,7H2,(H,23,24)/t8-,9-,14-,15+/m0/s1.